The Balaban J connectivity index is 1.74. The number of rotatable bonds is 5. The van der Waals surface area contributed by atoms with Crippen molar-refractivity contribution < 1.29 is 13.9 Å². The highest BCUT2D eigenvalue weighted by Crippen LogP contribution is 2.34. The van der Waals surface area contributed by atoms with E-state index in [4.69, 9.17) is 4.74 Å². The van der Waals surface area contributed by atoms with Crippen molar-refractivity contribution in [3.8, 4) is 0 Å². The number of ether oxygens (including phenoxy) is 1. The first-order valence-corrected chi connectivity index (χ1v) is 9.39. The zero-order chi connectivity index (χ0) is 21.0. The molecule has 7 nitrogen and oxygen atoms in total. The summed E-state index contributed by atoms with van der Waals surface area (Å²) in [5.41, 5.74) is -0.0356. The first-order valence-electron chi connectivity index (χ1n) is 9.39. The molecule has 8 heteroatoms. The average Bonchev–Trinajstić information content (AvgIpc) is 2.73. The third-order valence-corrected chi connectivity index (χ3v) is 5.39. The predicted octanol–water partition coefficient (Wildman–Crippen LogP) is 1.10. The van der Waals surface area contributed by atoms with E-state index in [2.05, 4.69) is 5.32 Å². The monoisotopic (exact) mass is 401 g/mol. The van der Waals surface area contributed by atoms with E-state index in [1.54, 1.807) is 12.1 Å². The van der Waals surface area contributed by atoms with Crippen LogP contribution in [0.3, 0.4) is 0 Å². The van der Waals surface area contributed by atoms with E-state index >= 15 is 0 Å². The summed E-state index contributed by atoms with van der Waals surface area (Å²) in [4.78, 5) is 36.3. The molecule has 1 aromatic carbocycles. The Kier molecular flexibility index (Phi) is 6.12. The van der Waals surface area contributed by atoms with Crippen LogP contribution in [0.25, 0.3) is 6.08 Å². The Morgan fingerprint density at radius 3 is 2.52 bits per heavy atom. The minimum Gasteiger partial charge on any atom is -0.381 e. The molecular formula is C21H24FN3O4. The molecule has 0 spiro atoms. The van der Waals surface area contributed by atoms with Crippen LogP contribution in [-0.4, -0.2) is 34.8 Å². The molecule has 0 unspecified atom stereocenters. The summed E-state index contributed by atoms with van der Waals surface area (Å²) in [6.45, 7) is 1.50. The van der Waals surface area contributed by atoms with E-state index < -0.39 is 11.2 Å². The van der Waals surface area contributed by atoms with E-state index in [9.17, 15) is 18.8 Å². The van der Waals surface area contributed by atoms with Crippen molar-refractivity contribution in [2.45, 2.75) is 18.3 Å². The van der Waals surface area contributed by atoms with Gasteiger partial charge in [-0.3, -0.25) is 14.2 Å². The van der Waals surface area contributed by atoms with Gasteiger partial charge in [-0.15, -0.1) is 0 Å². The number of aryl methyl sites for hydroxylation is 1. The molecule has 1 amide bonds. The quantitative estimate of drug-likeness (QED) is 0.761. The number of halogens is 1. The molecule has 1 aromatic heterocycles. The second-order valence-corrected chi connectivity index (χ2v) is 7.29. The number of hydrogen-bond acceptors (Lipinski definition) is 4. The lowest BCUT2D eigenvalue weighted by molar-refractivity contribution is -0.116. The number of amides is 1. The first kappa shape index (κ1) is 20.7. The Bertz CT molecular complexity index is 1030. The molecule has 154 valence electrons. The molecule has 29 heavy (non-hydrogen) atoms. The normalized spacial score (nSPS) is 16.1. The maximum Gasteiger partial charge on any atom is 0.330 e. The second-order valence-electron chi connectivity index (χ2n) is 7.29. The lowest BCUT2D eigenvalue weighted by atomic mass is 9.74. The Morgan fingerprint density at radius 1 is 1.21 bits per heavy atom. The molecule has 0 bridgehead atoms. The highest BCUT2D eigenvalue weighted by atomic mass is 19.1. The molecule has 1 saturated heterocycles. The number of nitrogens with one attached hydrogen (secondary N) is 1. The van der Waals surface area contributed by atoms with Crippen LogP contribution in [0.2, 0.25) is 0 Å². The largest absolute Gasteiger partial charge is 0.381 e. The van der Waals surface area contributed by atoms with Gasteiger partial charge in [-0.2, -0.15) is 0 Å². The van der Waals surface area contributed by atoms with Crippen molar-refractivity contribution >= 4 is 12.0 Å². The Morgan fingerprint density at radius 2 is 1.86 bits per heavy atom. The lowest BCUT2D eigenvalue weighted by Crippen LogP contribution is -2.44. The van der Waals surface area contributed by atoms with E-state index in [1.165, 1.54) is 49.1 Å². The summed E-state index contributed by atoms with van der Waals surface area (Å²) in [6, 6.07) is 6.33. The molecule has 1 aliphatic heterocycles. The fourth-order valence-corrected chi connectivity index (χ4v) is 3.56. The van der Waals surface area contributed by atoms with Crippen molar-refractivity contribution in [2.24, 2.45) is 14.1 Å². The van der Waals surface area contributed by atoms with Crippen LogP contribution in [0.1, 0.15) is 24.0 Å². The number of nitrogens with zero attached hydrogens (tertiary/aromatic N) is 2. The molecule has 3 rings (SSSR count). The van der Waals surface area contributed by atoms with Gasteiger partial charge in [-0.05, 0) is 36.6 Å². The molecule has 2 heterocycles. The molecule has 0 atom stereocenters. The van der Waals surface area contributed by atoms with E-state index in [1.807, 2.05) is 0 Å². The fraction of sp³-hybridized carbons (Fsp3) is 0.381. The molecule has 0 radical (unpaired) electrons. The number of benzene rings is 1. The van der Waals surface area contributed by atoms with Crippen LogP contribution in [0.5, 0.6) is 0 Å². The molecule has 1 N–H and O–H groups in total. The van der Waals surface area contributed by atoms with E-state index in [0.29, 0.717) is 32.6 Å². The van der Waals surface area contributed by atoms with Gasteiger partial charge in [0, 0.05) is 51.5 Å². The maximum absolute atomic E-state index is 13.3. The van der Waals surface area contributed by atoms with Gasteiger partial charge in [0.25, 0.3) is 5.56 Å². The average molecular weight is 401 g/mol. The topological polar surface area (TPSA) is 82.3 Å². The predicted molar refractivity (Wildman–Crippen MR) is 107 cm³/mol. The summed E-state index contributed by atoms with van der Waals surface area (Å²) < 4.78 is 21.0. The maximum atomic E-state index is 13.3. The van der Waals surface area contributed by atoms with Crippen LogP contribution in [0.4, 0.5) is 4.39 Å². The summed E-state index contributed by atoms with van der Waals surface area (Å²) in [7, 11) is 2.93. The van der Waals surface area contributed by atoms with Crippen molar-refractivity contribution in [3.63, 3.8) is 0 Å². The highest BCUT2D eigenvalue weighted by molar-refractivity contribution is 5.91. The minimum absolute atomic E-state index is 0.240. The number of carbonyl (C=O) groups is 1. The zero-order valence-electron chi connectivity index (χ0n) is 16.5. The van der Waals surface area contributed by atoms with E-state index in [-0.39, 0.29) is 22.7 Å². The van der Waals surface area contributed by atoms with Crippen LogP contribution >= 0.6 is 0 Å². The summed E-state index contributed by atoms with van der Waals surface area (Å²) >= 11 is 0. The molecule has 0 aliphatic carbocycles. The Labute approximate surface area is 167 Å². The summed E-state index contributed by atoms with van der Waals surface area (Å²) in [5.74, 6) is -0.657. The van der Waals surface area contributed by atoms with Crippen LogP contribution < -0.4 is 16.6 Å². The molecule has 1 fully saturated rings. The van der Waals surface area contributed by atoms with E-state index in [0.717, 1.165) is 10.1 Å². The molecule has 0 saturated carbocycles. The number of aromatic nitrogens is 2. The van der Waals surface area contributed by atoms with Gasteiger partial charge in [0.2, 0.25) is 5.91 Å². The van der Waals surface area contributed by atoms with Crippen molar-refractivity contribution in [1.29, 1.82) is 0 Å². The smallest absolute Gasteiger partial charge is 0.330 e. The van der Waals surface area contributed by atoms with Crippen molar-refractivity contribution in [2.75, 3.05) is 19.8 Å². The standard InChI is InChI=1S/C21H24FN3O4/c1-24-13-15(19(27)25(2)20(24)28)3-8-18(26)23-14-21(9-11-29-12-10-21)16-4-6-17(22)7-5-16/h3-8,13H,9-12,14H2,1-2H3,(H,23,26)/b8-3+. The van der Waals surface area contributed by atoms with Gasteiger partial charge in [-0.25, -0.2) is 9.18 Å². The Hall–Kier alpha value is -3.00. The zero-order valence-corrected chi connectivity index (χ0v) is 16.5. The van der Waals surface area contributed by atoms with Gasteiger partial charge >= 0.3 is 5.69 Å². The van der Waals surface area contributed by atoms with Gasteiger partial charge in [0.1, 0.15) is 5.82 Å². The summed E-state index contributed by atoms with van der Waals surface area (Å²) in [5, 5.41) is 2.88. The van der Waals surface area contributed by atoms with Crippen LogP contribution in [0.15, 0.2) is 46.1 Å². The van der Waals surface area contributed by atoms with Crippen molar-refractivity contribution in [1.82, 2.24) is 14.5 Å². The second kappa shape index (κ2) is 8.57. The van der Waals surface area contributed by atoms with Gasteiger partial charge < -0.3 is 14.6 Å². The van der Waals surface area contributed by atoms with Crippen molar-refractivity contribution in [3.05, 3.63) is 74.3 Å². The first-order chi connectivity index (χ1) is 13.8. The van der Waals surface area contributed by atoms with Gasteiger partial charge in [-0.1, -0.05) is 12.1 Å². The molecule has 1 aliphatic rings. The fourth-order valence-electron chi connectivity index (χ4n) is 3.56. The number of carbonyl (C=O) groups excluding carboxylic acids is 1. The van der Waals surface area contributed by atoms with Gasteiger partial charge in [0.05, 0.1) is 5.56 Å². The van der Waals surface area contributed by atoms with Crippen LogP contribution in [-0.2, 0) is 29.0 Å². The summed E-state index contributed by atoms with van der Waals surface area (Å²) in [6.07, 6.45) is 5.49. The SMILES string of the molecule is Cn1cc(/C=C/C(=O)NCC2(c3ccc(F)cc3)CCOCC2)c(=O)n(C)c1=O. The third kappa shape index (κ3) is 4.54. The molecular weight excluding hydrogens is 377 g/mol. The minimum atomic E-state index is -0.468. The molecule has 2 aromatic rings. The van der Waals surface area contributed by atoms with Crippen LogP contribution in [0, 0.1) is 5.82 Å². The number of hydrogen-bond donors (Lipinski definition) is 1. The van der Waals surface area contributed by atoms with Gasteiger partial charge in [0.15, 0.2) is 0 Å². The third-order valence-electron chi connectivity index (χ3n) is 5.39. The lowest BCUT2D eigenvalue weighted by Gasteiger charge is -2.37. The highest BCUT2D eigenvalue weighted by Gasteiger charge is 2.34.